The van der Waals surface area contributed by atoms with Crippen LogP contribution in [0.3, 0.4) is 0 Å². The van der Waals surface area contributed by atoms with Crippen LogP contribution in [0, 0.1) is 11.8 Å². The summed E-state index contributed by atoms with van der Waals surface area (Å²) in [7, 11) is 0. The zero-order valence-corrected chi connectivity index (χ0v) is 15.3. The molecule has 1 fully saturated rings. The van der Waals surface area contributed by atoms with Crippen molar-refractivity contribution in [3.63, 3.8) is 0 Å². The monoisotopic (exact) mass is 344 g/mol. The molecule has 1 aromatic rings. The number of aliphatic carboxylic acids is 1. The van der Waals surface area contributed by atoms with Gasteiger partial charge in [0.1, 0.15) is 0 Å². The van der Waals surface area contributed by atoms with Crippen LogP contribution >= 0.6 is 0 Å². The number of hydrogen-bond acceptors (Lipinski definition) is 3. The van der Waals surface area contributed by atoms with E-state index in [4.69, 9.17) is 5.11 Å². The molecular weight excluding hydrogens is 316 g/mol. The number of rotatable bonds is 4. The zero-order valence-electron chi connectivity index (χ0n) is 15.3. The van der Waals surface area contributed by atoms with Crippen molar-refractivity contribution in [1.29, 1.82) is 0 Å². The highest BCUT2D eigenvalue weighted by molar-refractivity contribution is 5.95. The van der Waals surface area contributed by atoms with Crippen LogP contribution in [0.25, 0.3) is 0 Å². The van der Waals surface area contributed by atoms with Crippen molar-refractivity contribution in [1.82, 2.24) is 5.32 Å². The zero-order chi connectivity index (χ0) is 18.2. The molecule has 1 heterocycles. The number of carbonyl (C=O) groups excluding carboxylic acids is 1. The maximum atomic E-state index is 12.3. The van der Waals surface area contributed by atoms with Gasteiger partial charge in [-0.1, -0.05) is 27.2 Å². The van der Waals surface area contributed by atoms with Crippen LogP contribution in [-0.4, -0.2) is 29.6 Å². The number of carbonyl (C=O) groups is 2. The first kappa shape index (κ1) is 17.8. The van der Waals surface area contributed by atoms with Crippen molar-refractivity contribution in [2.75, 3.05) is 11.9 Å². The summed E-state index contributed by atoms with van der Waals surface area (Å²) in [5.74, 6) is 0.208. The predicted octanol–water partition coefficient (Wildman–Crippen LogP) is 3.40. The topological polar surface area (TPSA) is 78.4 Å². The maximum absolute atomic E-state index is 12.3. The van der Waals surface area contributed by atoms with Crippen molar-refractivity contribution in [3.05, 3.63) is 29.3 Å². The molecule has 5 heteroatoms. The Kier molecular flexibility index (Phi) is 4.76. The third-order valence-electron chi connectivity index (χ3n) is 5.98. The number of benzene rings is 1. The number of carboxylic acid groups (broad SMARTS) is 1. The number of nitrogens with one attached hydrogen (secondary N) is 2. The molecule has 1 aliphatic heterocycles. The molecule has 1 aromatic carbocycles. The second-order valence-corrected chi connectivity index (χ2v) is 8.16. The Morgan fingerprint density at radius 2 is 2.08 bits per heavy atom. The quantitative estimate of drug-likeness (QED) is 0.782. The van der Waals surface area contributed by atoms with E-state index in [1.807, 2.05) is 18.2 Å². The third kappa shape index (κ3) is 3.51. The van der Waals surface area contributed by atoms with Crippen molar-refractivity contribution >= 4 is 17.6 Å². The fourth-order valence-corrected chi connectivity index (χ4v) is 4.53. The average Bonchev–Trinajstić information content (AvgIpc) is 2.53. The lowest BCUT2D eigenvalue weighted by Gasteiger charge is -2.50. The van der Waals surface area contributed by atoms with E-state index in [-0.39, 0.29) is 24.3 Å². The van der Waals surface area contributed by atoms with Crippen LogP contribution in [0.2, 0.25) is 0 Å². The van der Waals surface area contributed by atoms with Crippen LogP contribution in [0.4, 0.5) is 5.69 Å². The summed E-state index contributed by atoms with van der Waals surface area (Å²) in [5.41, 5.74) is 2.93. The Bertz CT molecular complexity index is 684. The molecule has 5 nitrogen and oxygen atoms in total. The van der Waals surface area contributed by atoms with E-state index < -0.39 is 5.97 Å². The van der Waals surface area contributed by atoms with Gasteiger partial charge in [-0.3, -0.25) is 9.59 Å². The minimum absolute atomic E-state index is 0.0166. The number of carboxylic acids is 1. The Morgan fingerprint density at radius 1 is 1.32 bits per heavy atom. The Hall–Kier alpha value is -2.04. The third-order valence-corrected chi connectivity index (χ3v) is 5.98. The number of amides is 1. The molecule has 2 aliphatic rings. The van der Waals surface area contributed by atoms with E-state index in [1.165, 1.54) is 24.8 Å². The van der Waals surface area contributed by atoms with Gasteiger partial charge >= 0.3 is 5.97 Å². The maximum Gasteiger partial charge on any atom is 0.305 e. The number of anilines is 1. The molecule has 136 valence electrons. The molecule has 2 unspecified atom stereocenters. The van der Waals surface area contributed by atoms with Gasteiger partial charge in [-0.25, -0.2) is 0 Å². The van der Waals surface area contributed by atoms with Crippen molar-refractivity contribution in [3.8, 4) is 0 Å². The van der Waals surface area contributed by atoms with Crippen molar-refractivity contribution < 1.29 is 14.7 Å². The summed E-state index contributed by atoms with van der Waals surface area (Å²) in [6.45, 7) is 7.04. The minimum Gasteiger partial charge on any atom is -0.481 e. The lowest BCUT2D eigenvalue weighted by molar-refractivity contribution is -0.136. The Morgan fingerprint density at radius 3 is 2.80 bits per heavy atom. The fourth-order valence-electron chi connectivity index (χ4n) is 4.53. The second kappa shape index (κ2) is 6.70. The second-order valence-electron chi connectivity index (χ2n) is 8.16. The summed E-state index contributed by atoms with van der Waals surface area (Å²) >= 11 is 0. The fraction of sp³-hybridized carbons (Fsp3) is 0.600. The van der Waals surface area contributed by atoms with E-state index in [0.29, 0.717) is 17.5 Å². The summed E-state index contributed by atoms with van der Waals surface area (Å²) in [6.07, 6.45) is 3.61. The van der Waals surface area contributed by atoms with Crippen LogP contribution in [-0.2, 0) is 10.2 Å². The molecule has 0 bridgehead atoms. The molecule has 25 heavy (non-hydrogen) atoms. The minimum atomic E-state index is -0.909. The van der Waals surface area contributed by atoms with Gasteiger partial charge in [0, 0.05) is 23.8 Å². The van der Waals surface area contributed by atoms with E-state index in [1.54, 1.807) is 0 Å². The van der Waals surface area contributed by atoms with Crippen LogP contribution in [0.5, 0.6) is 0 Å². The molecule has 3 rings (SSSR count). The van der Waals surface area contributed by atoms with Crippen molar-refractivity contribution in [2.24, 2.45) is 11.8 Å². The van der Waals surface area contributed by atoms with E-state index in [0.717, 1.165) is 11.6 Å². The standard InChI is InChI=1S/C20H28N2O3/c1-12-4-6-14-17(10-12)22-16-7-5-13(11-15(16)20(14,2)3)19(25)21-9-8-18(23)24/h5,7,11-12,14,17,22H,4,6,8-10H2,1-3H3,(H,21,25)(H,23,24)/t12-,14?,17?/m1/s1. The summed E-state index contributed by atoms with van der Waals surface area (Å²) in [5, 5.41) is 15.1. The van der Waals surface area contributed by atoms with E-state index in [9.17, 15) is 9.59 Å². The molecular formula is C20H28N2O3. The summed E-state index contributed by atoms with van der Waals surface area (Å²) in [4.78, 5) is 22.9. The Labute approximate surface area is 149 Å². The highest BCUT2D eigenvalue weighted by Crippen LogP contribution is 2.49. The summed E-state index contributed by atoms with van der Waals surface area (Å²) in [6, 6.07) is 6.30. The van der Waals surface area contributed by atoms with Crippen molar-refractivity contribution in [2.45, 2.75) is 57.9 Å². The van der Waals surface area contributed by atoms with Gasteiger partial charge in [0.15, 0.2) is 0 Å². The first-order valence-corrected chi connectivity index (χ1v) is 9.20. The summed E-state index contributed by atoms with van der Waals surface area (Å²) < 4.78 is 0. The van der Waals surface area contributed by atoms with Gasteiger partial charge in [-0.15, -0.1) is 0 Å². The van der Waals surface area contributed by atoms with Crippen LogP contribution < -0.4 is 10.6 Å². The molecule has 3 N–H and O–H groups in total. The predicted molar refractivity (Wildman–Crippen MR) is 98.0 cm³/mol. The molecule has 3 atom stereocenters. The number of hydrogen-bond donors (Lipinski definition) is 3. The normalized spacial score (nSPS) is 26.8. The van der Waals surface area contributed by atoms with Gasteiger partial charge in [0.2, 0.25) is 0 Å². The highest BCUT2D eigenvalue weighted by atomic mass is 16.4. The molecule has 0 radical (unpaired) electrons. The molecule has 0 saturated heterocycles. The van der Waals surface area contributed by atoms with Crippen LogP contribution in [0.1, 0.15) is 62.4 Å². The van der Waals surface area contributed by atoms with Gasteiger partial charge in [0.05, 0.1) is 6.42 Å². The first-order chi connectivity index (χ1) is 11.8. The molecule has 1 saturated carbocycles. The van der Waals surface area contributed by atoms with Gasteiger partial charge in [-0.2, -0.15) is 0 Å². The SMILES string of the molecule is C[C@@H]1CCC2C(C1)Nc1ccc(C(=O)NCCC(=O)O)cc1C2(C)C. The lowest BCUT2D eigenvalue weighted by atomic mass is 9.61. The smallest absolute Gasteiger partial charge is 0.305 e. The van der Waals surface area contributed by atoms with E-state index >= 15 is 0 Å². The largest absolute Gasteiger partial charge is 0.481 e. The van der Waals surface area contributed by atoms with Gasteiger partial charge < -0.3 is 15.7 Å². The molecule has 1 amide bonds. The average molecular weight is 344 g/mol. The van der Waals surface area contributed by atoms with E-state index in [2.05, 4.69) is 31.4 Å². The molecule has 1 aliphatic carbocycles. The highest BCUT2D eigenvalue weighted by Gasteiger charge is 2.44. The van der Waals surface area contributed by atoms with Crippen LogP contribution in [0.15, 0.2) is 18.2 Å². The lowest BCUT2D eigenvalue weighted by Crippen LogP contribution is -2.49. The Balaban J connectivity index is 1.82. The number of fused-ring (bicyclic) bond motifs is 2. The molecule has 0 spiro atoms. The first-order valence-electron chi connectivity index (χ1n) is 9.20. The van der Waals surface area contributed by atoms with Gasteiger partial charge in [0.25, 0.3) is 5.91 Å². The van der Waals surface area contributed by atoms with Gasteiger partial charge in [-0.05, 0) is 53.9 Å². The molecule has 0 aromatic heterocycles.